The Labute approximate surface area is 126 Å². The van der Waals surface area contributed by atoms with Crippen LogP contribution in [0.5, 0.6) is 0 Å². The minimum atomic E-state index is 0.263. The van der Waals surface area contributed by atoms with Crippen LogP contribution in [0.2, 0.25) is 0 Å². The van der Waals surface area contributed by atoms with Gasteiger partial charge in [0.15, 0.2) is 0 Å². The monoisotopic (exact) mass is 411 g/mol. The highest BCUT2D eigenvalue weighted by Crippen LogP contribution is 2.25. The number of benzene rings is 1. The molecule has 1 aromatic carbocycles. The summed E-state index contributed by atoms with van der Waals surface area (Å²) in [5.74, 6) is 0. The van der Waals surface area contributed by atoms with E-state index in [1.807, 2.05) is 6.92 Å². The Morgan fingerprint density at radius 3 is 2.82 bits per heavy atom. The van der Waals surface area contributed by atoms with Crippen LogP contribution in [0.25, 0.3) is 0 Å². The highest BCUT2D eigenvalue weighted by Gasteiger charge is 2.14. The van der Waals surface area contributed by atoms with E-state index in [4.69, 9.17) is 4.74 Å². The van der Waals surface area contributed by atoms with Gasteiger partial charge in [-0.3, -0.25) is 0 Å². The van der Waals surface area contributed by atoms with Crippen molar-refractivity contribution in [2.24, 2.45) is 0 Å². The molecule has 0 fully saturated rings. The molecule has 1 atom stereocenters. The number of ether oxygens (including phenoxy) is 1. The molecule has 0 aliphatic carbocycles. The van der Waals surface area contributed by atoms with E-state index in [0.29, 0.717) is 0 Å². The molecule has 0 bridgehead atoms. The summed E-state index contributed by atoms with van der Waals surface area (Å²) in [6.07, 6.45) is 1.13. The Morgan fingerprint density at radius 1 is 1.41 bits per heavy atom. The molecule has 96 valence electrons. The summed E-state index contributed by atoms with van der Waals surface area (Å²) in [6, 6.07) is 6.67. The third kappa shape index (κ3) is 5.24. The number of hydrogen-bond acceptors (Lipinski definition) is 2. The molecule has 0 spiro atoms. The predicted octanol–water partition coefficient (Wildman–Crippen LogP) is 4.13. The van der Waals surface area contributed by atoms with Crippen molar-refractivity contribution >= 4 is 38.5 Å². The summed E-state index contributed by atoms with van der Waals surface area (Å²) < 4.78 is 7.95. The van der Waals surface area contributed by atoms with Gasteiger partial charge in [0.2, 0.25) is 0 Å². The van der Waals surface area contributed by atoms with Crippen molar-refractivity contribution < 1.29 is 4.74 Å². The van der Waals surface area contributed by atoms with Crippen molar-refractivity contribution in [3.05, 3.63) is 31.8 Å². The van der Waals surface area contributed by atoms with Crippen LogP contribution < -0.4 is 5.32 Å². The average molecular weight is 412 g/mol. The van der Waals surface area contributed by atoms with Gasteiger partial charge in [0, 0.05) is 14.6 Å². The van der Waals surface area contributed by atoms with Gasteiger partial charge in [-0.1, -0.05) is 22.9 Å². The predicted molar refractivity (Wildman–Crippen MR) is 84.4 cm³/mol. The maximum absolute atomic E-state index is 5.56. The van der Waals surface area contributed by atoms with Crippen molar-refractivity contribution in [1.29, 1.82) is 0 Å². The van der Waals surface area contributed by atoms with Crippen molar-refractivity contribution in [2.75, 3.05) is 19.8 Å². The van der Waals surface area contributed by atoms with Gasteiger partial charge in [-0.15, -0.1) is 0 Å². The van der Waals surface area contributed by atoms with Crippen LogP contribution in [0.15, 0.2) is 22.7 Å². The molecule has 2 nitrogen and oxygen atoms in total. The quantitative estimate of drug-likeness (QED) is 0.681. The van der Waals surface area contributed by atoms with E-state index in [2.05, 4.69) is 69.0 Å². The summed E-state index contributed by atoms with van der Waals surface area (Å²) in [5.41, 5.74) is 1.28. The SMILES string of the molecule is CCCNC(COCC)c1cc(I)ccc1Br. The maximum atomic E-state index is 5.56. The summed E-state index contributed by atoms with van der Waals surface area (Å²) in [6.45, 7) is 6.69. The van der Waals surface area contributed by atoms with Gasteiger partial charge < -0.3 is 10.1 Å². The first-order valence-electron chi connectivity index (χ1n) is 5.95. The van der Waals surface area contributed by atoms with Gasteiger partial charge in [-0.25, -0.2) is 0 Å². The first kappa shape index (κ1) is 15.4. The van der Waals surface area contributed by atoms with Gasteiger partial charge in [-0.05, 0) is 66.2 Å². The van der Waals surface area contributed by atoms with Crippen LogP contribution in [0.3, 0.4) is 0 Å². The first-order valence-corrected chi connectivity index (χ1v) is 7.82. The standard InChI is InChI=1S/C13H19BrINO/c1-3-7-16-13(9-17-4-2)11-8-10(15)5-6-12(11)14/h5-6,8,13,16H,3-4,7,9H2,1-2H3. The van der Waals surface area contributed by atoms with Crippen LogP contribution in [0.1, 0.15) is 31.9 Å². The number of halogens is 2. The van der Waals surface area contributed by atoms with E-state index in [1.54, 1.807) is 0 Å². The first-order chi connectivity index (χ1) is 8.19. The lowest BCUT2D eigenvalue weighted by atomic mass is 10.1. The molecule has 0 saturated heterocycles. The number of hydrogen-bond donors (Lipinski definition) is 1. The Kier molecular flexibility index (Phi) is 7.66. The summed E-state index contributed by atoms with van der Waals surface area (Å²) in [7, 11) is 0. The fourth-order valence-corrected chi connectivity index (χ4v) is 2.63. The maximum Gasteiger partial charge on any atom is 0.0661 e. The zero-order valence-corrected chi connectivity index (χ0v) is 14.0. The fourth-order valence-electron chi connectivity index (χ4n) is 1.59. The van der Waals surface area contributed by atoms with E-state index in [0.717, 1.165) is 30.7 Å². The third-order valence-electron chi connectivity index (χ3n) is 2.46. The number of nitrogens with one attached hydrogen (secondary N) is 1. The minimum absolute atomic E-state index is 0.263. The average Bonchev–Trinajstić information content (AvgIpc) is 2.33. The van der Waals surface area contributed by atoms with E-state index in [9.17, 15) is 0 Å². The van der Waals surface area contributed by atoms with E-state index in [-0.39, 0.29) is 6.04 Å². The topological polar surface area (TPSA) is 21.3 Å². The Hall–Kier alpha value is 0.350. The molecular formula is C13H19BrINO. The second-order valence-corrected chi connectivity index (χ2v) is 5.93. The van der Waals surface area contributed by atoms with Crippen molar-refractivity contribution in [2.45, 2.75) is 26.3 Å². The molecule has 1 unspecified atom stereocenters. The van der Waals surface area contributed by atoms with E-state index >= 15 is 0 Å². The van der Waals surface area contributed by atoms with Gasteiger partial charge in [0.1, 0.15) is 0 Å². The van der Waals surface area contributed by atoms with Gasteiger partial charge in [-0.2, -0.15) is 0 Å². The zero-order chi connectivity index (χ0) is 12.7. The number of rotatable bonds is 7. The largest absolute Gasteiger partial charge is 0.380 e. The van der Waals surface area contributed by atoms with Gasteiger partial charge in [0.05, 0.1) is 12.6 Å². The van der Waals surface area contributed by atoms with E-state index < -0.39 is 0 Å². The minimum Gasteiger partial charge on any atom is -0.380 e. The second kappa shape index (κ2) is 8.45. The molecule has 0 saturated carbocycles. The molecule has 4 heteroatoms. The van der Waals surface area contributed by atoms with Crippen LogP contribution in [-0.2, 0) is 4.74 Å². The molecule has 0 amide bonds. The third-order valence-corrected chi connectivity index (χ3v) is 3.86. The Bertz CT molecular complexity index is 338. The molecule has 0 aliphatic heterocycles. The van der Waals surface area contributed by atoms with Crippen LogP contribution >= 0.6 is 38.5 Å². The van der Waals surface area contributed by atoms with Gasteiger partial charge in [0.25, 0.3) is 0 Å². The second-order valence-electron chi connectivity index (χ2n) is 3.83. The highest BCUT2D eigenvalue weighted by atomic mass is 127. The van der Waals surface area contributed by atoms with Crippen LogP contribution in [-0.4, -0.2) is 19.8 Å². The molecule has 0 aliphatic rings. The smallest absolute Gasteiger partial charge is 0.0661 e. The summed E-state index contributed by atoms with van der Waals surface area (Å²) in [4.78, 5) is 0. The molecule has 17 heavy (non-hydrogen) atoms. The zero-order valence-electron chi connectivity index (χ0n) is 10.3. The molecule has 1 rings (SSSR count). The lowest BCUT2D eigenvalue weighted by molar-refractivity contribution is 0.123. The normalized spacial score (nSPS) is 12.7. The molecular weight excluding hydrogens is 393 g/mol. The Morgan fingerprint density at radius 2 is 2.18 bits per heavy atom. The lowest BCUT2D eigenvalue weighted by Crippen LogP contribution is -2.26. The molecule has 1 aromatic rings. The molecule has 1 N–H and O–H groups in total. The lowest BCUT2D eigenvalue weighted by Gasteiger charge is -2.20. The van der Waals surface area contributed by atoms with Crippen LogP contribution in [0, 0.1) is 3.57 Å². The molecule has 0 radical (unpaired) electrons. The molecule has 0 heterocycles. The summed E-state index contributed by atoms with van der Waals surface area (Å²) >= 11 is 5.96. The highest BCUT2D eigenvalue weighted by molar-refractivity contribution is 14.1. The van der Waals surface area contributed by atoms with E-state index in [1.165, 1.54) is 9.13 Å². The Balaban J connectivity index is 2.82. The van der Waals surface area contributed by atoms with Gasteiger partial charge >= 0.3 is 0 Å². The van der Waals surface area contributed by atoms with Crippen molar-refractivity contribution in [1.82, 2.24) is 5.32 Å². The van der Waals surface area contributed by atoms with Crippen molar-refractivity contribution in [3.63, 3.8) is 0 Å². The molecule has 0 aromatic heterocycles. The summed E-state index contributed by atoms with van der Waals surface area (Å²) in [5, 5.41) is 3.53. The fraction of sp³-hybridized carbons (Fsp3) is 0.538. The van der Waals surface area contributed by atoms with Crippen LogP contribution in [0.4, 0.5) is 0 Å². The van der Waals surface area contributed by atoms with Crippen molar-refractivity contribution in [3.8, 4) is 0 Å².